The fourth-order valence-electron chi connectivity index (χ4n) is 0.737. The van der Waals surface area contributed by atoms with Gasteiger partial charge in [-0.15, -0.1) is 0 Å². The Morgan fingerprint density at radius 3 is 2.09 bits per heavy atom. The normalized spacial score (nSPS) is 17.3. The van der Waals surface area contributed by atoms with Crippen LogP contribution in [0.2, 0.25) is 0 Å². The third kappa shape index (κ3) is 5.19. The molecule has 0 aromatic carbocycles. The number of hydrogen-bond acceptors (Lipinski definition) is 3. The summed E-state index contributed by atoms with van der Waals surface area (Å²) in [5.74, 6) is 0.466. The molecule has 5 heteroatoms. The van der Waals surface area contributed by atoms with E-state index in [1.807, 2.05) is 0 Å². The van der Waals surface area contributed by atoms with E-state index in [1.54, 1.807) is 0 Å². The van der Waals surface area contributed by atoms with E-state index < -0.39 is 0 Å². The summed E-state index contributed by atoms with van der Waals surface area (Å²) in [4.78, 5) is 10.4. The zero-order valence-electron chi connectivity index (χ0n) is 5.39. The monoisotopic (exact) mass is 194 g/mol. The molecule has 0 amide bonds. The zero-order chi connectivity index (χ0) is 6.91. The van der Waals surface area contributed by atoms with Crippen molar-refractivity contribution in [2.45, 2.75) is 25.4 Å². The fourth-order valence-corrected chi connectivity index (χ4v) is 1.12. The van der Waals surface area contributed by atoms with Crippen molar-refractivity contribution in [3.63, 3.8) is 0 Å². The molecule has 0 N–H and O–H groups in total. The molecule has 0 aliphatic heterocycles. The van der Waals surface area contributed by atoms with Gasteiger partial charge in [-0.1, -0.05) is 0 Å². The van der Waals surface area contributed by atoms with Gasteiger partial charge in [0.15, 0.2) is 0 Å². The first kappa shape index (κ1) is 15.3. The molecule has 0 atom stereocenters. The quantitative estimate of drug-likeness (QED) is 0.371. The van der Waals surface area contributed by atoms with Crippen molar-refractivity contribution < 1.29 is 9.53 Å². The van der Waals surface area contributed by atoms with Gasteiger partial charge in [-0.25, -0.2) is 0 Å². The van der Waals surface area contributed by atoms with Gasteiger partial charge in [-0.3, -0.25) is 4.79 Å². The molecule has 0 spiro atoms. The molecule has 11 heavy (non-hydrogen) atoms. The molecule has 1 aliphatic carbocycles. The molecule has 0 radical (unpaired) electrons. The number of esters is 1. The Hall–Kier alpha value is 1.82. The van der Waals surface area contributed by atoms with E-state index in [0.29, 0.717) is 5.75 Å². The molecular formula is C6H12Na2O2S. The summed E-state index contributed by atoms with van der Waals surface area (Å²) < 4.78 is 4.98. The Balaban J connectivity index is 0. The molecule has 0 unspecified atom stereocenters. The van der Waals surface area contributed by atoms with Crippen molar-refractivity contribution in [1.29, 1.82) is 0 Å². The number of rotatable bonds is 2. The standard InChI is InChI=1S/C6H10O2S.2Na.2H/c1-5(7)8-6(4-9)2-3-6;;;;/h9H,2-4H2,1H3;;;;. The summed E-state index contributed by atoms with van der Waals surface area (Å²) in [5, 5.41) is 0. The average Bonchev–Trinajstić information content (AvgIpc) is 2.48. The zero-order valence-corrected chi connectivity index (χ0v) is 6.28. The molecule has 1 aliphatic rings. The minimum absolute atomic E-state index is 0. The molecule has 0 aromatic heterocycles. The molecule has 0 heterocycles. The van der Waals surface area contributed by atoms with Crippen molar-refractivity contribution >= 4 is 77.7 Å². The van der Waals surface area contributed by atoms with Gasteiger partial charge in [0.05, 0.1) is 0 Å². The molecule has 56 valence electrons. The van der Waals surface area contributed by atoms with E-state index in [0.717, 1.165) is 12.8 Å². The Labute approximate surface area is 117 Å². The molecule has 0 saturated heterocycles. The van der Waals surface area contributed by atoms with Crippen LogP contribution in [0.4, 0.5) is 0 Å². The molecule has 1 saturated carbocycles. The molecular weight excluding hydrogens is 182 g/mol. The van der Waals surface area contributed by atoms with E-state index in [4.69, 9.17) is 4.74 Å². The number of thiol groups is 1. The number of hydrogen-bond donors (Lipinski definition) is 1. The molecule has 1 rings (SSSR count). The predicted molar refractivity (Wildman–Crippen MR) is 51.9 cm³/mol. The maximum absolute atomic E-state index is 10.4. The Kier molecular flexibility index (Phi) is 8.76. The minimum atomic E-state index is -0.193. The van der Waals surface area contributed by atoms with Crippen LogP contribution in [-0.4, -0.2) is 76.4 Å². The van der Waals surface area contributed by atoms with Gasteiger partial charge in [0, 0.05) is 12.7 Å². The van der Waals surface area contributed by atoms with Gasteiger partial charge in [0.2, 0.25) is 0 Å². The second-order valence-electron chi connectivity index (χ2n) is 2.43. The Bertz CT molecular complexity index is 137. The topological polar surface area (TPSA) is 26.3 Å². The molecule has 0 bridgehead atoms. The van der Waals surface area contributed by atoms with E-state index in [1.165, 1.54) is 6.92 Å². The summed E-state index contributed by atoms with van der Waals surface area (Å²) in [6.07, 6.45) is 1.96. The molecule has 1 fully saturated rings. The van der Waals surface area contributed by atoms with E-state index in [9.17, 15) is 4.79 Å². The van der Waals surface area contributed by atoms with Crippen LogP contribution in [0.5, 0.6) is 0 Å². The Morgan fingerprint density at radius 1 is 1.55 bits per heavy atom. The number of carbonyl (C=O) groups is 1. The fraction of sp³-hybridized carbons (Fsp3) is 0.833. The van der Waals surface area contributed by atoms with Gasteiger partial charge in [0.25, 0.3) is 0 Å². The van der Waals surface area contributed by atoms with Gasteiger partial charge in [0.1, 0.15) is 5.60 Å². The van der Waals surface area contributed by atoms with E-state index in [-0.39, 0.29) is 70.7 Å². The summed E-state index contributed by atoms with van der Waals surface area (Å²) in [6, 6.07) is 0. The van der Waals surface area contributed by atoms with E-state index >= 15 is 0 Å². The van der Waals surface area contributed by atoms with Gasteiger partial charge in [-0.2, -0.15) is 12.6 Å². The van der Waals surface area contributed by atoms with Crippen LogP contribution >= 0.6 is 12.6 Å². The van der Waals surface area contributed by atoms with Crippen LogP contribution in [0.1, 0.15) is 19.8 Å². The van der Waals surface area contributed by atoms with Gasteiger partial charge >= 0.3 is 65.1 Å². The van der Waals surface area contributed by atoms with Crippen LogP contribution in [0.15, 0.2) is 0 Å². The van der Waals surface area contributed by atoms with Crippen LogP contribution in [0.3, 0.4) is 0 Å². The summed E-state index contributed by atoms with van der Waals surface area (Å²) in [6.45, 7) is 1.43. The van der Waals surface area contributed by atoms with Gasteiger partial charge < -0.3 is 4.74 Å². The first-order chi connectivity index (χ1) is 4.18. The molecule has 0 aromatic rings. The predicted octanol–water partition coefficient (Wildman–Crippen LogP) is -0.285. The number of ether oxygens (including phenoxy) is 1. The second-order valence-corrected chi connectivity index (χ2v) is 2.75. The third-order valence-electron chi connectivity index (χ3n) is 1.46. The van der Waals surface area contributed by atoms with Crippen molar-refractivity contribution in [1.82, 2.24) is 0 Å². The molecule has 2 nitrogen and oxygen atoms in total. The van der Waals surface area contributed by atoms with Crippen molar-refractivity contribution in [2.24, 2.45) is 0 Å². The SMILES string of the molecule is CC(=O)OC1(CS)CC1.[NaH].[NaH]. The van der Waals surface area contributed by atoms with Crippen molar-refractivity contribution in [3.8, 4) is 0 Å². The average molecular weight is 194 g/mol. The van der Waals surface area contributed by atoms with Crippen LogP contribution in [0, 0.1) is 0 Å². The first-order valence-electron chi connectivity index (χ1n) is 2.99. The van der Waals surface area contributed by atoms with Crippen molar-refractivity contribution in [3.05, 3.63) is 0 Å². The van der Waals surface area contributed by atoms with Crippen molar-refractivity contribution in [2.75, 3.05) is 5.75 Å². The van der Waals surface area contributed by atoms with Crippen LogP contribution < -0.4 is 0 Å². The second kappa shape index (κ2) is 6.30. The third-order valence-corrected chi connectivity index (χ3v) is 2.03. The van der Waals surface area contributed by atoms with Gasteiger partial charge in [-0.05, 0) is 12.8 Å². The summed E-state index contributed by atoms with van der Waals surface area (Å²) in [7, 11) is 0. The summed E-state index contributed by atoms with van der Waals surface area (Å²) >= 11 is 4.06. The maximum atomic E-state index is 10.4. The Morgan fingerprint density at radius 2 is 2.00 bits per heavy atom. The summed E-state index contributed by atoms with van der Waals surface area (Å²) in [5.41, 5.74) is -0.172. The number of carbonyl (C=O) groups excluding carboxylic acids is 1. The van der Waals surface area contributed by atoms with Crippen LogP contribution in [-0.2, 0) is 9.53 Å². The first-order valence-corrected chi connectivity index (χ1v) is 3.62. The van der Waals surface area contributed by atoms with Crippen LogP contribution in [0.25, 0.3) is 0 Å². The van der Waals surface area contributed by atoms with E-state index in [2.05, 4.69) is 12.6 Å².